The van der Waals surface area contributed by atoms with E-state index in [0.717, 1.165) is 0 Å². The van der Waals surface area contributed by atoms with E-state index < -0.39 is 5.97 Å². The minimum absolute atomic E-state index is 0.137. The number of carboxylic acids is 1. The van der Waals surface area contributed by atoms with Crippen LogP contribution in [0.15, 0.2) is 11.4 Å². The van der Waals surface area contributed by atoms with Gasteiger partial charge in [0.2, 0.25) is 0 Å². The Morgan fingerprint density at radius 1 is 1.50 bits per heavy atom. The highest BCUT2D eigenvalue weighted by molar-refractivity contribution is 5.85. The Balaban J connectivity index is 4.23. The molecule has 0 bridgehead atoms. The first-order chi connectivity index (χ1) is 3.55. The molecule has 4 nitrogen and oxygen atoms in total. The second-order valence-electron chi connectivity index (χ2n) is 1.40. The summed E-state index contributed by atoms with van der Waals surface area (Å²) in [7, 11) is 0. The molecule has 0 aliphatic heterocycles. The van der Waals surface area contributed by atoms with Gasteiger partial charge in [-0.2, -0.15) is 0 Å². The summed E-state index contributed by atoms with van der Waals surface area (Å²) in [6.45, 7) is 1.43. The van der Waals surface area contributed by atoms with Crippen LogP contribution < -0.4 is 11.5 Å². The van der Waals surface area contributed by atoms with E-state index in [2.05, 4.69) is 0 Å². The van der Waals surface area contributed by atoms with Crippen LogP contribution in [0, 0.1) is 0 Å². The van der Waals surface area contributed by atoms with Crippen molar-refractivity contribution in [1.29, 1.82) is 0 Å². The van der Waals surface area contributed by atoms with Crippen molar-refractivity contribution in [2.75, 3.05) is 0 Å². The van der Waals surface area contributed by atoms with Gasteiger partial charge in [0.25, 0.3) is 0 Å². The van der Waals surface area contributed by atoms with Crippen molar-refractivity contribution in [2.24, 2.45) is 11.5 Å². The third-order valence-corrected chi connectivity index (χ3v) is 0.655. The van der Waals surface area contributed by atoms with E-state index in [0.29, 0.717) is 0 Å². The van der Waals surface area contributed by atoms with E-state index in [1.807, 2.05) is 0 Å². The highest BCUT2D eigenvalue weighted by Gasteiger charge is 2.01. The highest BCUT2D eigenvalue weighted by atomic mass is 16.4. The Bertz CT molecular complexity index is 135. The van der Waals surface area contributed by atoms with Crippen LogP contribution in [0.25, 0.3) is 0 Å². The van der Waals surface area contributed by atoms with Gasteiger partial charge < -0.3 is 16.6 Å². The number of aliphatic carboxylic acids is 1. The third kappa shape index (κ3) is 1.51. The van der Waals surface area contributed by atoms with Gasteiger partial charge in [-0.3, -0.25) is 0 Å². The second kappa shape index (κ2) is 2.20. The van der Waals surface area contributed by atoms with Crippen LogP contribution >= 0.6 is 0 Å². The fraction of sp³-hybridized carbons (Fsp3) is 0.250. The Hall–Kier alpha value is -1.19. The van der Waals surface area contributed by atoms with Gasteiger partial charge in [-0.1, -0.05) is 0 Å². The maximum absolute atomic E-state index is 9.88. The predicted molar refractivity (Wildman–Crippen MR) is 28.7 cm³/mol. The van der Waals surface area contributed by atoms with Crippen molar-refractivity contribution < 1.29 is 9.90 Å². The first kappa shape index (κ1) is 6.81. The van der Waals surface area contributed by atoms with Crippen molar-refractivity contribution in [2.45, 2.75) is 6.92 Å². The number of carboxylic acid groups (broad SMARTS) is 1. The first-order valence-electron chi connectivity index (χ1n) is 2.01. The zero-order valence-corrected chi connectivity index (χ0v) is 4.51. The first-order valence-corrected chi connectivity index (χ1v) is 2.01. The molecule has 0 aromatic carbocycles. The lowest BCUT2D eigenvalue weighted by molar-refractivity contribution is -0.132. The van der Waals surface area contributed by atoms with Gasteiger partial charge in [0.05, 0.1) is 0 Å². The molecule has 0 fully saturated rings. The smallest absolute Gasteiger partial charge is 0.353 e. The summed E-state index contributed by atoms with van der Waals surface area (Å²) in [6.07, 6.45) is 0. The molecule has 0 aromatic rings. The molecule has 0 aliphatic rings. The molecule has 0 unspecified atom stereocenters. The minimum Gasteiger partial charge on any atom is -0.477 e. The lowest BCUT2D eigenvalue weighted by Gasteiger charge is -1.93. The molecule has 0 aromatic heterocycles. The molecule has 0 atom stereocenters. The summed E-state index contributed by atoms with van der Waals surface area (Å²) in [5.41, 5.74) is 9.77. The number of nitrogens with two attached hydrogens (primary N) is 2. The number of allylic oxidation sites excluding steroid dienone is 1. The number of hydrogen-bond acceptors (Lipinski definition) is 3. The molecule has 4 heteroatoms. The van der Waals surface area contributed by atoms with Crippen LogP contribution in [-0.4, -0.2) is 11.1 Å². The molecule has 8 heavy (non-hydrogen) atoms. The monoisotopic (exact) mass is 116 g/mol. The van der Waals surface area contributed by atoms with Gasteiger partial charge in [0.15, 0.2) is 0 Å². The van der Waals surface area contributed by atoms with Crippen molar-refractivity contribution in [3.05, 3.63) is 11.4 Å². The Morgan fingerprint density at radius 3 is 1.88 bits per heavy atom. The third-order valence-electron chi connectivity index (χ3n) is 0.655. The lowest BCUT2D eigenvalue weighted by Crippen LogP contribution is -2.15. The molecule has 0 saturated carbocycles. The van der Waals surface area contributed by atoms with Crippen molar-refractivity contribution >= 4 is 5.97 Å². The van der Waals surface area contributed by atoms with E-state index in [4.69, 9.17) is 16.6 Å². The maximum Gasteiger partial charge on any atom is 0.353 e. The molecule has 0 spiro atoms. The van der Waals surface area contributed by atoms with Crippen LogP contribution in [0.5, 0.6) is 0 Å². The van der Waals surface area contributed by atoms with Crippen LogP contribution in [0.2, 0.25) is 0 Å². The average molecular weight is 116 g/mol. The van der Waals surface area contributed by atoms with E-state index in [1.54, 1.807) is 0 Å². The van der Waals surface area contributed by atoms with Crippen molar-refractivity contribution in [1.82, 2.24) is 0 Å². The van der Waals surface area contributed by atoms with Crippen LogP contribution in [0.4, 0.5) is 0 Å². The topological polar surface area (TPSA) is 89.3 Å². The number of carbonyl (C=O) groups is 1. The van der Waals surface area contributed by atoms with Gasteiger partial charge in [0, 0.05) is 5.70 Å². The fourth-order valence-electron chi connectivity index (χ4n) is 0.169. The highest BCUT2D eigenvalue weighted by Crippen LogP contribution is 1.86. The summed E-state index contributed by atoms with van der Waals surface area (Å²) in [6, 6.07) is 0. The van der Waals surface area contributed by atoms with Gasteiger partial charge >= 0.3 is 5.97 Å². The zero-order chi connectivity index (χ0) is 6.73. The van der Waals surface area contributed by atoms with Crippen LogP contribution in [-0.2, 0) is 4.79 Å². The van der Waals surface area contributed by atoms with E-state index in [-0.39, 0.29) is 11.4 Å². The summed E-state index contributed by atoms with van der Waals surface area (Å²) in [4.78, 5) is 9.88. The molecule has 0 amide bonds. The standard InChI is InChI=1S/C4H8N2O2/c1-2(5)3(6)4(7)8/h5-6H2,1H3,(H,7,8)/b3-2-. The Kier molecular flexibility index (Phi) is 1.88. The molecule has 0 radical (unpaired) electrons. The van der Waals surface area contributed by atoms with E-state index in [9.17, 15) is 4.79 Å². The lowest BCUT2D eigenvalue weighted by atomic mass is 10.4. The van der Waals surface area contributed by atoms with Crippen LogP contribution in [0.3, 0.4) is 0 Å². The molecule has 0 saturated heterocycles. The molecular formula is C4H8N2O2. The SMILES string of the molecule is C/C(N)=C(/N)C(=O)O. The minimum atomic E-state index is -1.18. The van der Waals surface area contributed by atoms with Gasteiger partial charge in [-0.25, -0.2) is 4.79 Å². The predicted octanol–water partition coefficient (Wildman–Crippen LogP) is -0.780. The Labute approximate surface area is 46.8 Å². The fourth-order valence-corrected chi connectivity index (χ4v) is 0.169. The van der Waals surface area contributed by atoms with Gasteiger partial charge in [-0.05, 0) is 6.92 Å². The van der Waals surface area contributed by atoms with Gasteiger partial charge in [-0.15, -0.1) is 0 Å². The Morgan fingerprint density at radius 2 is 1.88 bits per heavy atom. The molecular weight excluding hydrogens is 108 g/mol. The van der Waals surface area contributed by atoms with Crippen molar-refractivity contribution in [3.63, 3.8) is 0 Å². The molecule has 0 aliphatic carbocycles. The second-order valence-corrected chi connectivity index (χ2v) is 1.40. The van der Waals surface area contributed by atoms with Crippen LogP contribution in [0.1, 0.15) is 6.92 Å². The van der Waals surface area contributed by atoms with E-state index >= 15 is 0 Å². The normalized spacial score (nSPS) is 12.6. The number of rotatable bonds is 1. The zero-order valence-electron chi connectivity index (χ0n) is 4.51. The maximum atomic E-state index is 9.88. The number of hydrogen-bond donors (Lipinski definition) is 3. The largest absolute Gasteiger partial charge is 0.477 e. The van der Waals surface area contributed by atoms with Gasteiger partial charge in [0.1, 0.15) is 5.70 Å². The summed E-state index contributed by atoms with van der Waals surface area (Å²) < 4.78 is 0. The summed E-state index contributed by atoms with van der Waals surface area (Å²) in [5.74, 6) is -1.18. The summed E-state index contributed by atoms with van der Waals surface area (Å²) >= 11 is 0. The molecule has 0 heterocycles. The molecule has 0 rings (SSSR count). The van der Waals surface area contributed by atoms with E-state index in [1.165, 1.54) is 6.92 Å². The molecule has 46 valence electrons. The average Bonchev–Trinajstić information content (AvgIpc) is 1.64. The molecule has 5 N–H and O–H groups in total. The quantitative estimate of drug-likeness (QED) is 0.392. The van der Waals surface area contributed by atoms with Crippen molar-refractivity contribution in [3.8, 4) is 0 Å². The summed E-state index contributed by atoms with van der Waals surface area (Å²) in [5, 5.41) is 8.09.